The molecule has 10 heteroatoms. The number of pyridine rings is 1. The van der Waals surface area contributed by atoms with E-state index >= 15 is 0 Å². The fraction of sp³-hybridized carbons (Fsp3) is 0.385. The van der Waals surface area contributed by atoms with Crippen LogP contribution in [0, 0.1) is 12.8 Å². The van der Waals surface area contributed by atoms with Crippen molar-refractivity contribution >= 4 is 23.5 Å². The minimum Gasteiger partial charge on any atom is -0.384 e. The smallest absolute Gasteiger partial charge is 0.251 e. The summed E-state index contributed by atoms with van der Waals surface area (Å²) >= 11 is 0. The highest BCUT2D eigenvalue weighted by Crippen LogP contribution is 2.34. The molecule has 4 atom stereocenters. The summed E-state index contributed by atoms with van der Waals surface area (Å²) in [6, 6.07) is 13.9. The second-order valence-corrected chi connectivity index (χ2v) is 9.20. The number of amides is 2. The van der Waals surface area contributed by atoms with Crippen LogP contribution in [0.2, 0.25) is 0 Å². The topological polar surface area (TPSA) is 130 Å². The number of nitrogens with one attached hydrogen (secondary N) is 1. The van der Waals surface area contributed by atoms with Crippen molar-refractivity contribution in [2.24, 2.45) is 13.0 Å². The number of nitrogen functional groups attached to an aromatic ring is 1. The Balaban J connectivity index is 1.60. The Hall–Kier alpha value is -3.76. The molecule has 0 aliphatic carbocycles. The van der Waals surface area contributed by atoms with Crippen molar-refractivity contribution in [2.75, 3.05) is 17.7 Å². The van der Waals surface area contributed by atoms with Gasteiger partial charge in [0, 0.05) is 38.1 Å². The van der Waals surface area contributed by atoms with Crippen LogP contribution in [0.15, 0.2) is 54.7 Å². The van der Waals surface area contributed by atoms with Crippen LogP contribution in [0.25, 0.3) is 0 Å². The lowest BCUT2D eigenvalue weighted by molar-refractivity contribution is -0.183. The Morgan fingerprint density at radius 1 is 1.25 bits per heavy atom. The summed E-state index contributed by atoms with van der Waals surface area (Å²) in [7, 11) is 3.39. The van der Waals surface area contributed by atoms with Crippen LogP contribution in [0.1, 0.15) is 36.2 Å². The Bertz CT molecular complexity index is 1210. The molecule has 1 unspecified atom stereocenters. The summed E-state index contributed by atoms with van der Waals surface area (Å²) in [5, 5.41) is 18.6. The highest BCUT2D eigenvalue weighted by Gasteiger charge is 2.55. The Labute approximate surface area is 210 Å². The fourth-order valence-electron chi connectivity index (χ4n) is 4.77. The Morgan fingerprint density at radius 3 is 2.58 bits per heavy atom. The van der Waals surface area contributed by atoms with Crippen molar-refractivity contribution < 1.29 is 14.7 Å². The minimum atomic E-state index is -1.34. The van der Waals surface area contributed by atoms with E-state index in [1.807, 2.05) is 50.2 Å². The van der Waals surface area contributed by atoms with Crippen LogP contribution >= 0.6 is 0 Å². The first-order chi connectivity index (χ1) is 17.2. The van der Waals surface area contributed by atoms with E-state index in [0.717, 1.165) is 16.8 Å². The van der Waals surface area contributed by atoms with Gasteiger partial charge in [-0.25, -0.2) is 4.98 Å². The van der Waals surface area contributed by atoms with Gasteiger partial charge in [0.25, 0.3) is 5.91 Å². The van der Waals surface area contributed by atoms with E-state index in [1.165, 1.54) is 9.80 Å². The molecule has 3 heterocycles. The van der Waals surface area contributed by atoms with E-state index in [1.54, 1.807) is 37.1 Å². The van der Waals surface area contributed by atoms with Crippen LogP contribution in [0.4, 0.5) is 11.6 Å². The number of anilines is 2. The van der Waals surface area contributed by atoms with Crippen molar-refractivity contribution in [1.29, 1.82) is 0 Å². The third kappa shape index (κ3) is 5.09. The predicted molar refractivity (Wildman–Crippen MR) is 136 cm³/mol. The van der Waals surface area contributed by atoms with E-state index in [2.05, 4.69) is 15.4 Å². The molecule has 0 bridgehead atoms. The number of β-lactam (4-membered cyclic amide) rings is 1. The molecule has 10 nitrogen and oxygen atoms in total. The number of benzene rings is 1. The fourth-order valence-corrected chi connectivity index (χ4v) is 4.77. The molecule has 1 saturated heterocycles. The number of aromatic nitrogens is 3. The Morgan fingerprint density at radius 2 is 1.97 bits per heavy atom. The zero-order valence-corrected chi connectivity index (χ0v) is 21.0. The number of hydrogen-bond acceptors (Lipinski definition) is 7. The van der Waals surface area contributed by atoms with Crippen LogP contribution in [-0.2, 0) is 23.1 Å². The first-order valence-corrected chi connectivity index (χ1v) is 12.0. The second kappa shape index (κ2) is 10.5. The number of aliphatic hydroxyl groups is 1. The number of rotatable bonds is 9. The summed E-state index contributed by atoms with van der Waals surface area (Å²) in [6.07, 6.45) is 1.39. The van der Waals surface area contributed by atoms with Gasteiger partial charge in [0.1, 0.15) is 11.9 Å². The minimum absolute atomic E-state index is 0.194. The number of likely N-dealkylation sites (N-methyl/N-ethyl adjacent to an activating group) is 1. The first-order valence-electron chi connectivity index (χ1n) is 12.0. The summed E-state index contributed by atoms with van der Waals surface area (Å²) in [5.74, 6) is -0.470. The zero-order chi connectivity index (χ0) is 26.0. The molecular weight excluding hydrogens is 458 g/mol. The van der Waals surface area contributed by atoms with Crippen molar-refractivity contribution in [3.63, 3.8) is 0 Å². The molecule has 0 saturated carbocycles. The van der Waals surface area contributed by atoms with Crippen molar-refractivity contribution in [3.05, 3.63) is 71.5 Å². The molecule has 1 fully saturated rings. The summed E-state index contributed by atoms with van der Waals surface area (Å²) in [5.41, 5.74) is 8.44. The molecule has 1 aliphatic heterocycles. The van der Waals surface area contributed by atoms with Gasteiger partial charge in [-0.1, -0.05) is 37.3 Å². The van der Waals surface area contributed by atoms with Crippen molar-refractivity contribution in [1.82, 2.24) is 25.0 Å². The molecule has 1 aliphatic rings. The molecule has 1 aromatic carbocycles. The lowest BCUT2D eigenvalue weighted by Crippen LogP contribution is -2.72. The molecular formula is C26H33N7O3. The summed E-state index contributed by atoms with van der Waals surface area (Å²) in [4.78, 5) is 33.9. The van der Waals surface area contributed by atoms with Crippen molar-refractivity contribution in [2.45, 2.75) is 45.1 Å². The number of likely N-dealkylation sites (tertiary alicyclic amines) is 1. The van der Waals surface area contributed by atoms with Gasteiger partial charge < -0.3 is 10.8 Å². The van der Waals surface area contributed by atoms with Gasteiger partial charge in [-0.15, -0.1) is 0 Å². The van der Waals surface area contributed by atoms with Gasteiger partial charge in [-0.3, -0.25) is 29.4 Å². The SMILES string of the molecule is CC[C@@H](NC(O)N1C(=O)[C@H](Cc2cc(C)nc(N)c2)[C@H]1C(=O)N(C)c1ccn(C)n1)c1ccccc1. The summed E-state index contributed by atoms with van der Waals surface area (Å²) < 4.78 is 1.60. The maximum atomic E-state index is 13.7. The van der Waals surface area contributed by atoms with Crippen LogP contribution in [0.5, 0.6) is 0 Å². The largest absolute Gasteiger partial charge is 0.384 e. The number of hydrogen-bond donors (Lipinski definition) is 3. The highest BCUT2D eigenvalue weighted by atomic mass is 16.3. The van der Waals surface area contributed by atoms with Crippen LogP contribution in [0.3, 0.4) is 0 Å². The number of carbonyl (C=O) groups excluding carboxylic acids is 2. The number of aryl methyl sites for hydroxylation is 2. The third-order valence-corrected chi connectivity index (χ3v) is 6.59. The molecule has 36 heavy (non-hydrogen) atoms. The molecule has 190 valence electrons. The first kappa shape index (κ1) is 25.3. The molecule has 4 N–H and O–H groups in total. The number of nitrogens with two attached hydrogens (primary N) is 1. The maximum absolute atomic E-state index is 13.7. The normalized spacial score (nSPS) is 19.0. The molecule has 4 rings (SSSR count). The van der Waals surface area contributed by atoms with E-state index in [4.69, 9.17) is 5.73 Å². The standard InChI is InChI=1S/C26H33N7O3/c1-5-20(18-9-7-6-8-10-18)29-26(36)33-23(25(35)32(4)22-11-12-31(3)30-22)19(24(33)34)14-17-13-16(2)28-21(27)15-17/h6-13,15,19-20,23,26,29,36H,5,14H2,1-4H3,(H2,27,28)/t19-,20-,23+,26?/m1/s1. The molecule has 0 spiro atoms. The molecule has 0 radical (unpaired) electrons. The number of nitrogens with zero attached hydrogens (tertiary/aromatic N) is 5. The third-order valence-electron chi connectivity index (χ3n) is 6.59. The van der Waals surface area contributed by atoms with Gasteiger partial charge in [-0.2, -0.15) is 5.10 Å². The van der Waals surface area contributed by atoms with E-state index < -0.39 is 18.3 Å². The highest BCUT2D eigenvalue weighted by molar-refractivity contribution is 6.05. The zero-order valence-electron chi connectivity index (χ0n) is 21.0. The Kier molecular flexibility index (Phi) is 7.37. The lowest BCUT2D eigenvalue weighted by atomic mass is 9.81. The lowest BCUT2D eigenvalue weighted by Gasteiger charge is -2.49. The van der Waals surface area contributed by atoms with Gasteiger partial charge in [-0.05, 0) is 43.0 Å². The van der Waals surface area contributed by atoms with E-state index in [0.29, 0.717) is 24.5 Å². The van der Waals surface area contributed by atoms with Gasteiger partial charge >= 0.3 is 0 Å². The quantitative estimate of drug-likeness (QED) is 0.307. The van der Waals surface area contributed by atoms with Crippen molar-refractivity contribution in [3.8, 4) is 0 Å². The maximum Gasteiger partial charge on any atom is 0.251 e. The predicted octanol–water partition coefficient (Wildman–Crippen LogP) is 1.76. The number of carbonyl (C=O) groups is 2. The van der Waals surface area contributed by atoms with Gasteiger partial charge in [0.05, 0.1) is 5.92 Å². The average molecular weight is 492 g/mol. The second-order valence-electron chi connectivity index (χ2n) is 9.20. The van der Waals surface area contributed by atoms with E-state index in [-0.39, 0.29) is 17.9 Å². The molecule has 3 aromatic rings. The van der Waals surface area contributed by atoms with E-state index in [9.17, 15) is 14.7 Å². The van der Waals surface area contributed by atoms with Gasteiger partial charge in [0.2, 0.25) is 5.91 Å². The van der Waals surface area contributed by atoms with Gasteiger partial charge in [0.15, 0.2) is 12.2 Å². The average Bonchev–Trinajstić information content (AvgIpc) is 3.29. The number of aliphatic hydroxyl groups excluding tert-OH is 1. The molecule has 2 amide bonds. The monoisotopic (exact) mass is 491 g/mol. The summed E-state index contributed by atoms with van der Waals surface area (Å²) in [6.45, 7) is 3.82. The van der Waals surface area contributed by atoms with Crippen LogP contribution < -0.4 is 16.0 Å². The van der Waals surface area contributed by atoms with Crippen LogP contribution in [-0.4, -0.2) is 56.0 Å². The molecule has 2 aromatic heterocycles.